The Morgan fingerprint density at radius 1 is 1.15 bits per heavy atom. The van der Waals surface area contributed by atoms with Crippen LogP contribution in [0.15, 0.2) is 57.8 Å². The van der Waals surface area contributed by atoms with E-state index in [-0.39, 0.29) is 23.3 Å². The number of methoxy groups -OCH3 is 2. The van der Waals surface area contributed by atoms with Crippen molar-refractivity contribution in [3.05, 3.63) is 58.2 Å². The number of benzene rings is 2. The molecule has 8 nitrogen and oxygen atoms in total. The van der Waals surface area contributed by atoms with E-state index < -0.39 is 0 Å². The minimum atomic E-state index is -0.231. The fourth-order valence-electron chi connectivity index (χ4n) is 3.43. The van der Waals surface area contributed by atoms with Gasteiger partial charge in [-0.1, -0.05) is 23.9 Å². The molecule has 2 aromatic heterocycles. The Morgan fingerprint density at radius 2 is 1.94 bits per heavy atom. The number of nitrogens with one attached hydrogen (secondary N) is 1. The summed E-state index contributed by atoms with van der Waals surface area (Å²) in [4.78, 5) is 34.7. The average Bonchev–Trinajstić information content (AvgIpc) is 3.30. The second-order valence-corrected chi connectivity index (χ2v) is 9.42. The maximum atomic E-state index is 12.9. The molecule has 0 spiro atoms. The quantitative estimate of drug-likeness (QED) is 0.275. The van der Waals surface area contributed by atoms with Crippen LogP contribution in [-0.4, -0.2) is 40.4 Å². The molecule has 2 heterocycles. The number of thiazole rings is 1. The zero-order chi connectivity index (χ0) is 24.2. The van der Waals surface area contributed by atoms with Gasteiger partial charge >= 0.3 is 0 Å². The number of ether oxygens (including phenoxy) is 2. The van der Waals surface area contributed by atoms with Gasteiger partial charge in [0.05, 0.1) is 36.6 Å². The average molecular weight is 497 g/mol. The minimum Gasteiger partial charge on any atom is -0.497 e. The van der Waals surface area contributed by atoms with Crippen LogP contribution in [-0.2, 0) is 4.79 Å². The number of hydrogen-bond acceptors (Lipinski definition) is 8. The van der Waals surface area contributed by atoms with E-state index in [1.165, 1.54) is 23.1 Å². The second kappa shape index (κ2) is 10.3. The molecule has 4 rings (SSSR count). The summed E-state index contributed by atoms with van der Waals surface area (Å²) in [5, 5.41) is 6.24. The van der Waals surface area contributed by atoms with E-state index in [1.54, 1.807) is 37.0 Å². The summed E-state index contributed by atoms with van der Waals surface area (Å²) >= 11 is 2.55. The summed E-state index contributed by atoms with van der Waals surface area (Å²) in [7, 11) is 3.18. The highest BCUT2D eigenvalue weighted by atomic mass is 32.2. The molecule has 34 heavy (non-hydrogen) atoms. The van der Waals surface area contributed by atoms with Gasteiger partial charge in [-0.25, -0.2) is 9.97 Å². The molecule has 2 aromatic carbocycles. The number of fused-ring (bicyclic) bond motifs is 1. The van der Waals surface area contributed by atoms with Gasteiger partial charge in [0.25, 0.3) is 5.56 Å². The fraction of sp³-hybridized carbons (Fsp3) is 0.250. The first-order valence-electron chi connectivity index (χ1n) is 10.5. The molecule has 0 fully saturated rings. The summed E-state index contributed by atoms with van der Waals surface area (Å²) in [5.41, 5.74) is 2.00. The van der Waals surface area contributed by atoms with Crippen LogP contribution in [0.1, 0.15) is 19.9 Å². The number of carbonyl (C=O) groups excluding carboxylic acids is 1. The van der Waals surface area contributed by atoms with E-state index in [9.17, 15) is 9.59 Å². The molecule has 10 heteroatoms. The minimum absolute atomic E-state index is 0.0869. The molecule has 0 saturated heterocycles. The molecule has 1 amide bonds. The lowest BCUT2D eigenvalue weighted by atomic mass is 10.1. The number of carbonyl (C=O) groups is 1. The molecule has 1 N–H and O–H groups in total. The Hall–Kier alpha value is -3.37. The van der Waals surface area contributed by atoms with Crippen LogP contribution in [0.2, 0.25) is 0 Å². The maximum absolute atomic E-state index is 12.9. The normalized spacial score (nSPS) is 11.1. The number of para-hydroxylation sites is 1. The zero-order valence-electron chi connectivity index (χ0n) is 19.2. The molecular weight excluding hydrogens is 472 g/mol. The highest BCUT2D eigenvalue weighted by molar-refractivity contribution is 7.99. The van der Waals surface area contributed by atoms with Crippen LogP contribution in [0.25, 0.3) is 22.2 Å². The molecule has 0 unspecified atom stereocenters. The highest BCUT2D eigenvalue weighted by Gasteiger charge is 2.17. The summed E-state index contributed by atoms with van der Waals surface area (Å²) in [6.45, 7) is 3.85. The van der Waals surface area contributed by atoms with E-state index in [4.69, 9.17) is 9.47 Å². The fourth-order valence-corrected chi connectivity index (χ4v) is 5.09. The predicted octanol–water partition coefficient (Wildman–Crippen LogP) is 4.85. The molecule has 0 aliphatic carbocycles. The largest absolute Gasteiger partial charge is 0.497 e. The third kappa shape index (κ3) is 4.92. The number of thioether (sulfide) groups is 1. The van der Waals surface area contributed by atoms with E-state index in [1.807, 2.05) is 43.5 Å². The van der Waals surface area contributed by atoms with Gasteiger partial charge in [0.1, 0.15) is 11.5 Å². The van der Waals surface area contributed by atoms with Crippen molar-refractivity contribution in [3.8, 4) is 22.8 Å². The second-order valence-electron chi connectivity index (χ2n) is 7.62. The third-order valence-corrected chi connectivity index (χ3v) is 6.77. The maximum Gasteiger partial charge on any atom is 0.262 e. The number of aromatic nitrogens is 3. The van der Waals surface area contributed by atoms with Crippen molar-refractivity contribution in [3.63, 3.8) is 0 Å². The molecule has 4 aromatic rings. The van der Waals surface area contributed by atoms with E-state index in [2.05, 4.69) is 15.3 Å². The van der Waals surface area contributed by atoms with E-state index >= 15 is 0 Å². The Kier molecular flexibility index (Phi) is 7.18. The van der Waals surface area contributed by atoms with E-state index in [0.717, 1.165) is 5.56 Å². The zero-order valence-corrected chi connectivity index (χ0v) is 20.8. The smallest absolute Gasteiger partial charge is 0.262 e. The summed E-state index contributed by atoms with van der Waals surface area (Å²) < 4.78 is 12.3. The lowest BCUT2D eigenvalue weighted by Gasteiger charge is -2.15. The molecule has 0 atom stereocenters. The molecule has 176 valence electrons. The summed E-state index contributed by atoms with van der Waals surface area (Å²) in [6.07, 6.45) is 0. The van der Waals surface area contributed by atoms with E-state index in [0.29, 0.717) is 38.4 Å². The Bertz CT molecular complexity index is 1400. The molecule has 0 radical (unpaired) electrons. The number of amides is 1. The molecular formula is C24H24N4O4S2. The van der Waals surface area contributed by atoms with Gasteiger partial charge in [0.2, 0.25) is 5.91 Å². The van der Waals surface area contributed by atoms with Crippen molar-refractivity contribution in [2.75, 3.05) is 25.3 Å². The van der Waals surface area contributed by atoms with Gasteiger partial charge < -0.3 is 14.8 Å². The van der Waals surface area contributed by atoms with Gasteiger partial charge in [-0.05, 0) is 38.1 Å². The molecule has 0 aliphatic heterocycles. The van der Waals surface area contributed by atoms with Gasteiger partial charge in [-0.2, -0.15) is 0 Å². The van der Waals surface area contributed by atoms with Gasteiger partial charge in [-0.15, -0.1) is 11.3 Å². The van der Waals surface area contributed by atoms with Gasteiger partial charge in [0, 0.05) is 23.1 Å². The number of hydrogen-bond donors (Lipinski definition) is 1. The number of rotatable bonds is 8. The highest BCUT2D eigenvalue weighted by Crippen LogP contribution is 2.35. The first-order chi connectivity index (χ1) is 16.4. The number of anilines is 1. The number of nitrogens with zero attached hydrogens (tertiary/aromatic N) is 3. The van der Waals surface area contributed by atoms with Gasteiger partial charge in [0.15, 0.2) is 10.3 Å². The van der Waals surface area contributed by atoms with Crippen molar-refractivity contribution < 1.29 is 14.3 Å². The third-order valence-electron chi connectivity index (χ3n) is 5.06. The van der Waals surface area contributed by atoms with Crippen LogP contribution < -0.4 is 20.3 Å². The summed E-state index contributed by atoms with van der Waals surface area (Å²) in [6, 6.07) is 12.6. The lowest BCUT2D eigenvalue weighted by Crippen LogP contribution is -2.25. The van der Waals surface area contributed by atoms with Crippen molar-refractivity contribution in [1.29, 1.82) is 0 Å². The predicted molar refractivity (Wildman–Crippen MR) is 136 cm³/mol. The van der Waals surface area contributed by atoms with Crippen LogP contribution in [0, 0.1) is 0 Å². The Balaban J connectivity index is 1.49. The van der Waals surface area contributed by atoms with Gasteiger partial charge in [-0.3, -0.25) is 14.2 Å². The molecule has 0 saturated carbocycles. The van der Waals surface area contributed by atoms with Crippen molar-refractivity contribution in [2.24, 2.45) is 0 Å². The first kappa shape index (κ1) is 23.8. The van der Waals surface area contributed by atoms with Crippen molar-refractivity contribution >= 4 is 45.0 Å². The SMILES string of the molecule is COc1ccc(-c2csc(NC(=O)CSc3nc4ccccc4c(=O)n3C(C)C)n2)c(OC)c1. The van der Waals surface area contributed by atoms with Crippen LogP contribution in [0.3, 0.4) is 0 Å². The monoisotopic (exact) mass is 496 g/mol. The first-order valence-corrected chi connectivity index (χ1v) is 12.4. The van der Waals surface area contributed by atoms with Crippen LogP contribution >= 0.6 is 23.1 Å². The summed E-state index contributed by atoms with van der Waals surface area (Å²) in [5.74, 6) is 1.18. The lowest BCUT2D eigenvalue weighted by molar-refractivity contribution is -0.113. The molecule has 0 bridgehead atoms. The standard InChI is InChI=1S/C24H24N4O4S2/c1-14(2)28-22(30)17-7-5-6-8-18(17)26-24(28)34-13-21(29)27-23-25-19(12-33-23)16-10-9-15(31-3)11-20(16)32-4/h5-12,14H,13H2,1-4H3,(H,25,27,29). The van der Waals surface area contributed by atoms with Crippen LogP contribution in [0.5, 0.6) is 11.5 Å². The topological polar surface area (TPSA) is 95.3 Å². The van der Waals surface area contributed by atoms with Crippen LogP contribution in [0.4, 0.5) is 5.13 Å². The Morgan fingerprint density at radius 3 is 2.68 bits per heavy atom. The van der Waals surface area contributed by atoms with Crippen molar-refractivity contribution in [2.45, 2.75) is 25.0 Å². The Labute approximate surface area is 205 Å². The molecule has 0 aliphatic rings. The van der Waals surface area contributed by atoms with Crippen molar-refractivity contribution in [1.82, 2.24) is 14.5 Å².